The number of aliphatic hydroxyl groups excluding tert-OH is 1. The molecule has 0 atom stereocenters. The molecule has 1 N–H and O–H groups in total. The van der Waals surface area contributed by atoms with E-state index in [1.165, 1.54) is 6.26 Å². The summed E-state index contributed by atoms with van der Waals surface area (Å²) in [6.45, 7) is -0.232. The van der Waals surface area contributed by atoms with E-state index < -0.39 is 0 Å². The molecule has 0 amide bonds. The van der Waals surface area contributed by atoms with E-state index in [1.807, 2.05) is 0 Å². The molecule has 0 aromatic carbocycles. The van der Waals surface area contributed by atoms with Crippen LogP contribution in [0.1, 0.15) is 5.82 Å². The summed E-state index contributed by atoms with van der Waals surface area (Å²) in [5, 5.41) is 12.1. The number of furan rings is 1. The Hall–Kier alpha value is -1.62. The fraction of sp³-hybridized carbons (Fsp3) is 0.143. The Balaban J connectivity index is 2.35. The summed E-state index contributed by atoms with van der Waals surface area (Å²) in [7, 11) is 0. The van der Waals surface area contributed by atoms with Gasteiger partial charge >= 0.3 is 0 Å². The molecule has 62 valence electrons. The maximum absolute atomic E-state index is 8.63. The molecule has 0 aliphatic rings. The number of hydrogen-bond acceptors (Lipinski definition) is 5. The third-order valence-electron chi connectivity index (χ3n) is 1.34. The first kappa shape index (κ1) is 7.05. The zero-order valence-electron chi connectivity index (χ0n) is 6.10. The van der Waals surface area contributed by atoms with Gasteiger partial charge in [-0.05, 0) is 12.1 Å². The summed E-state index contributed by atoms with van der Waals surface area (Å²) >= 11 is 0. The van der Waals surface area contributed by atoms with Gasteiger partial charge in [0.1, 0.15) is 6.61 Å². The van der Waals surface area contributed by atoms with E-state index in [2.05, 4.69) is 10.1 Å². The van der Waals surface area contributed by atoms with Gasteiger partial charge in [-0.25, -0.2) is 0 Å². The quantitative estimate of drug-likeness (QED) is 0.715. The minimum atomic E-state index is -0.232. The molecule has 5 heteroatoms. The van der Waals surface area contributed by atoms with E-state index in [9.17, 15) is 0 Å². The van der Waals surface area contributed by atoms with Crippen molar-refractivity contribution in [3.05, 3.63) is 24.2 Å². The zero-order valence-corrected chi connectivity index (χ0v) is 6.10. The number of aromatic nitrogens is 2. The monoisotopic (exact) mass is 166 g/mol. The van der Waals surface area contributed by atoms with Gasteiger partial charge in [0.25, 0.3) is 5.89 Å². The van der Waals surface area contributed by atoms with Gasteiger partial charge in [-0.2, -0.15) is 4.98 Å². The lowest BCUT2D eigenvalue weighted by Gasteiger charge is -1.81. The average molecular weight is 166 g/mol. The summed E-state index contributed by atoms with van der Waals surface area (Å²) in [6, 6.07) is 3.42. The number of aliphatic hydroxyl groups is 1. The van der Waals surface area contributed by atoms with E-state index in [0.717, 1.165) is 0 Å². The first-order valence-corrected chi connectivity index (χ1v) is 3.37. The molecule has 0 saturated carbocycles. The number of hydrogen-bond donors (Lipinski definition) is 1. The molecule has 2 aromatic rings. The Labute approximate surface area is 67.6 Å². The molecular weight excluding hydrogens is 160 g/mol. The van der Waals surface area contributed by atoms with Crippen molar-refractivity contribution < 1.29 is 14.0 Å². The maximum Gasteiger partial charge on any atom is 0.293 e. The zero-order chi connectivity index (χ0) is 8.39. The molecule has 0 aliphatic heterocycles. The van der Waals surface area contributed by atoms with Crippen LogP contribution in [0, 0.1) is 0 Å². The normalized spacial score (nSPS) is 10.4. The van der Waals surface area contributed by atoms with Gasteiger partial charge in [0.05, 0.1) is 6.26 Å². The second-order valence-corrected chi connectivity index (χ2v) is 2.15. The summed E-state index contributed by atoms with van der Waals surface area (Å²) < 4.78 is 9.78. The van der Waals surface area contributed by atoms with E-state index in [1.54, 1.807) is 12.1 Å². The lowest BCUT2D eigenvalue weighted by atomic mass is 10.4. The highest BCUT2D eigenvalue weighted by Gasteiger charge is 2.09. The van der Waals surface area contributed by atoms with Crippen molar-refractivity contribution in [2.75, 3.05) is 0 Å². The molecule has 0 radical (unpaired) electrons. The number of rotatable bonds is 2. The van der Waals surface area contributed by atoms with Gasteiger partial charge in [0.2, 0.25) is 0 Å². The van der Waals surface area contributed by atoms with Crippen LogP contribution in [0.5, 0.6) is 0 Å². The molecule has 2 heterocycles. The molecule has 0 fully saturated rings. The fourth-order valence-corrected chi connectivity index (χ4v) is 0.819. The Bertz CT molecular complexity index is 352. The van der Waals surface area contributed by atoms with Crippen molar-refractivity contribution in [3.63, 3.8) is 0 Å². The summed E-state index contributed by atoms with van der Waals surface area (Å²) in [6.07, 6.45) is 1.51. The third kappa shape index (κ3) is 1.10. The molecular formula is C7H6N2O3. The molecule has 0 saturated heterocycles. The predicted octanol–water partition coefficient (Wildman–Crippen LogP) is 0.822. The Morgan fingerprint density at radius 3 is 3.00 bits per heavy atom. The van der Waals surface area contributed by atoms with E-state index >= 15 is 0 Å². The van der Waals surface area contributed by atoms with E-state index in [-0.39, 0.29) is 18.3 Å². The van der Waals surface area contributed by atoms with Crippen molar-refractivity contribution >= 4 is 0 Å². The van der Waals surface area contributed by atoms with Crippen molar-refractivity contribution in [1.29, 1.82) is 0 Å². The average Bonchev–Trinajstić information content (AvgIpc) is 2.75. The second-order valence-electron chi connectivity index (χ2n) is 2.15. The van der Waals surface area contributed by atoms with Crippen LogP contribution in [0.4, 0.5) is 0 Å². The summed E-state index contributed by atoms with van der Waals surface area (Å²) in [5.41, 5.74) is 0. The van der Waals surface area contributed by atoms with Gasteiger partial charge in [-0.3, -0.25) is 0 Å². The molecule has 0 aliphatic carbocycles. The third-order valence-corrected chi connectivity index (χ3v) is 1.34. The van der Waals surface area contributed by atoms with Gasteiger partial charge in [-0.15, -0.1) is 0 Å². The SMILES string of the molecule is OCc1noc(-c2ccco2)n1. The molecule has 2 rings (SSSR count). The Morgan fingerprint density at radius 2 is 2.42 bits per heavy atom. The predicted molar refractivity (Wildman–Crippen MR) is 37.9 cm³/mol. The van der Waals surface area contributed by atoms with Crippen LogP contribution in [0.2, 0.25) is 0 Å². The molecule has 2 aromatic heterocycles. The summed E-state index contributed by atoms with van der Waals surface area (Å²) in [5.74, 6) is 1.03. The van der Waals surface area contributed by atoms with Crippen LogP contribution in [0.3, 0.4) is 0 Å². The molecule has 12 heavy (non-hydrogen) atoms. The van der Waals surface area contributed by atoms with Gasteiger partial charge in [0, 0.05) is 0 Å². The molecule has 0 spiro atoms. The fourth-order valence-electron chi connectivity index (χ4n) is 0.819. The largest absolute Gasteiger partial charge is 0.459 e. The second kappa shape index (κ2) is 2.78. The lowest BCUT2D eigenvalue weighted by molar-refractivity contribution is 0.263. The van der Waals surface area contributed by atoms with Crippen LogP contribution in [0.25, 0.3) is 11.7 Å². The van der Waals surface area contributed by atoms with Crippen LogP contribution in [0.15, 0.2) is 27.3 Å². The van der Waals surface area contributed by atoms with Crippen molar-refractivity contribution in [2.45, 2.75) is 6.61 Å². The van der Waals surface area contributed by atoms with Crippen molar-refractivity contribution in [2.24, 2.45) is 0 Å². The minimum Gasteiger partial charge on any atom is -0.459 e. The summed E-state index contributed by atoms with van der Waals surface area (Å²) in [4.78, 5) is 3.85. The van der Waals surface area contributed by atoms with E-state index in [4.69, 9.17) is 14.0 Å². The van der Waals surface area contributed by atoms with Crippen LogP contribution in [-0.4, -0.2) is 15.2 Å². The molecule has 0 bridgehead atoms. The highest BCUT2D eigenvalue weighted by molar-refractivity contribution is 5.42. The van der Waals surface area contributed by atoms with Gasteiger partial charge in [0.15, 0.2) is 11.6 Å². The van der Waals surface area contributed by atoms with Gasteiger partial charge in [-0.1, -0.05) is 5.16 Å². The smallest absolute Gasteiger partial charge is 0.293 e. The Morgan fingerprint density at radius 1 is 1.50 bits per heavy atom. The highest BCUT2D eigenvalue weighted by atomic mass is 16.5. The van der Waals surface area contributed by atoms with E-state index in [0.29, 0.717) is 5.76 Å². The molecule has 5 nitrogen and oxygen atoms in total. The topological polar surface area (TPSA) is 72.3 Å². The maximum atomic E-state index is 8.63. The first-order chi connectivity index (χ1) is 5.90. The van der Waals surface area contributed by atoms with Gasteiger partial charge < -0.3 is 14.0 Å². The van der Waals surface area contributed by atoms with Crippen molar-refractivity contribution in [3.8, 4) is 11.7 Å². The lowest BCUT2D eigenvalue weighted by Crippen LogP contribution is -1.84. The highest BCUT2D eigenvalue weighted by Crippen LogP contribution is 2.16. The minimum absolute atomic E-state index is 0.232. The van der Waals surface area contributed by atoms with Crippen LogP contribution < -0.4 is 0 Å². The van der Waals surface area contributed by atoms with Crippen LogP contribution >= 0.6 is 0 Å². The van der Waals surface area contributed by atoms with Crippen LogP contribution in [-0.2, 0) is 6.61 Å². The number of nitrogens with zero attached hydrogens (tertiary/aromatic N) is 2. The van der Waals surface area contributed by atoms with Crippen molar-refractivity contribution in [1.82, 2.24) is 10.1 Å². The molecule has 0 unspecified atom stereocenters. The first-order valence-electron chi connectivity index (χ1n) is 3.37. The standard InChI is InChI=1S/C7H6N2O3/c10-4-6-8-7(12-9-6)5-2-1-3-11-5/h1-3,10H,4H2. The Kier molecular flexibility index (Phi) is 1.64.